The molecule has 0 saturated heterocycles. The number of aryl methyl sites for hydroxylation is 1. The highest BCUT2D eigenvalue weighted by Crippen LogP contribution is 2.27. The molecule has 7 heteroatoms. The molecule has 0 aliphatic heterocycles. The fourth-order valence-electron chi connectivity index (χ4n) is 2.11. The van der Waals surface area contributed by atoms with Gasteiger partial charge in [-0.3, -0.25) is 0 Å². The predicted octanol–water partition coefficient (Wildman–Crippen LogP) is 3.02. The van der Waals surface area contributed by atoms with Gasteiger partial charge in [0.05, 0.1) is 6.04 Å². The normalized spacial score (nSPS) is 13.2. The first kappa shape index (κ1) is 15.4. The van der Waals surface area contributed by atoms with Crippen LogP contribution in [0.25, 0.3) is 0 Å². The van der Waals surface area contributed by atoms with Crippen LogP contribution in [0, 0.1) is 0 Å². The Balaban J connectivity index is 2.33. The van der Waals surface area contributed by atoms with Crippen LogP contribution in [0.15, 0.2) is 36.7 Å². The number of benzene rings is 1. The van der Waals surface area contributed by atoms with Crippen molar-refractivity contribution in [3.63, 3.8) is 0 Å². The number of ether oxygens (including phenoxy) is 1. The molecule has 0 aliphatic carbocycles. The molecule has 1 heterocycles. The first-order chi connectivity index (χ1) is 9.90. The number of nitrogens with zero attached hydrogens (tertiary/aromatic N) is 2. The van der Waals surface area contributed by atoms with Crippen molar-refractivity contribution in [3.8, 4) is 5.75 Å². The van der Waals surface area contributed by atoms with Crippen molar-refractivity contribution in [2.24, 2.45) is 7.05 Å². The maximum absolute atomic E-state index is 12.3. The van der Waals surface area contributed by atoms with Gasteiger partial charge in [0.25, 0.3) is 0 Å². The topological polar surface area (TPSA) is 39.1 Å². The van der Waals surface area contributed by atoms with Gasteiger partial charge in [0, 0.05) is 19.4 Å². The monoisotopic (exact) mass is 299 g/mol. The molecular formula is C14H16F3N3O. The van der Waals surface area contributed by atoms with Crippen molar-refractivity contribution in [1.82, 2.24) is 14.9 Å². The smallest absolute Gasteiger partial charge is 0.406 e. The number of hydrogen-bond donors (Lipinski definition) is 1. The maximum Gasteiger partial charge on any atom is 0.573 e. The zero-order valence-corrected chi connectivity index (χ0v) is 11.7. The Labute approximate surface area is 120 Å². The fraction of sp³-hybridized carbons (Fsp3) is 0.357. The van der Waals surface area contributed by atoms with Crippen molar-refractivity contribution in [2.75, 3.05) is 6.54 Å². The summed E-state index contributed by atoms with van der Waals surface area (Å²) in [5.41, 5.74) is 0.660. The number of alkyl halides is 3. The molecular weight excluding hydrogens is 283 g/mol. The number of imidazole rings is 1. The molecule has 1 aromatic heterocycles. The molecule has 1 unspecified atom stereocenters. The lowest BCUT2D eigenvalue weighted by molar-refractivity contribution is -0.274. The van der Waals surface area contributed by atoms with E-state index in [1.165, 1.54) is 18.2 Å². The number of rotatable bonds is 5. The SMILES string of the molecule is CCNC(c1cccc(OC(F)(F)F)c1)c1nccn1C. The highest BCUT2D eigenvalue weighted by molar-refractivity contribution is 5.33. The number of nitrogens with one attached hydrogen (secondary N) is 1. The second kappa shape index (κ2) is 6.17. The van der Waals surface area contributed by atoms with Crippen LogP contribution in [0.1, 0.15) is 24.4 Å². The van der Waals surface area contributed by atoms with Crippen molar-refractivity contribution in [2.45, 2.75) is 19.3 Å². The summed E-state index contributed by atoms with van der Waals surface area (Å²) in [6.07, 6.45) is -1.26. The minimum atomic E-state index is -4.70. The predicted molar refractivity (Wildman–Crippen MR) is 71.9 cm³/mol. The zero-order valence-electron chi connectivity index (χ0n) is 11.7. The van der Waals surface area contributed by atoms with Gasteiger partial charge < -0.3 is 14.6 Å². The van der Waals surface area contributed by atoms with E-state index >= 15 is 0 Å². The third-order valence-corrected chi connectivity index (χ3v) is 2.95. The minimum Gasteiger partial charge on any atom is -0.406 e. The van der Waals surface area contributed by atoms with E-state index in [4.69, 9.17) is 0 Å². The van der Waals surface area contributed by atoms with E-state index in [0.29, 0.717) is 12.1 Å². The van der Waals surface area contributed by atoms with Crippen LogP contribution in [0.3, 0.4) is 0 Å². The molecule has 1 atom stereocenters. The highest BCUT2D eigenvalue weighted by atomic mass is 19.4. The van der Waals surface area contributed by atoms with Gasteiger partial charge in [-0.25, -0.2) is 4.98 Å². The number of halogens is 3. The molecule has 2 aromatic rings. The van der Waals surface area contributed by atoms with Crippen molar-refractivity contribution >= 4 is 0 Å². The zero-order chi connectivity index (χ0) is 15.5. The number of hydrogen-bond acceptors (Lipinski definition) is 3. The van der Waals surface area contributed by atoms with Gasteiger partial charge in [0.2, 0.25) is 0 Å². The lowest BCUT2D eigenvalue weighted by Crippen LogP contribution is -2.25. The average molecular weight is 299 g/mol. The van der Waals surface area contributed by atoms with E-state index in [1.54, 1.807) is 18.5 Å². The Morgan fingerprint density at radius 3 is 2.71 bits per heavy atom. The van der Waals surface area contributed by atoms with Crippen LogP contribution in [-0.2, 0) is 7.05 Å². The second-order valence-corrected chi connectivity index (χ2v) is 4.51. The fourth-order valence-corrected chi connectivity index (χ4v) is 2.11. The van der Waals surface area contributed by atoms with Crippen molar-refractivity contribution in [1.29, 1.82) is 0 Å². The Kier molecular flexibility index (Phi) is 4.52. The van der Waals surface area contributed by atoms with E-state index in [-0.39, 0.29) is 11.8 Å². The van der Waals surface area contributed by atoms with Crippen LogP contribution < -0.4 is 10.1 Å². The average Bonchev–Trinajstić information content (AvgIpc) is 2.80. The van der Waals surface area contributed by atoms with Gasteiger partial charge in [-0.2, -0.15) is 0 Å². The molecule has 2 rings (SSSR count). The lowest BCUT2D eigenvalue weighted by atomic mass is 10.1. The summed E-state index contributed by atoms with van der Waals surface area (Å²) >= 11 is 0. The van der Waals surface area contributed by atoms with Gasteiger partial charge in [0.15, 0.2) is 0 Å². The van der Waals surface area contributed by atoms with Gasteiger partial charge in [-0.15, -0.1) is 13.2 Å². The molecule has 1 N–H and O–H groups in total. The van der Waals surface area contributed by atoms with Gasteiger partial charge >= 0.3 is 6.36 Å². The summed E-state index contributed by atoms with van der Waals surface area (Å²) in [5, 5.41) is 3.21. The van der Waals surface area contributed by atoms with Crippen molar-refractivity contribution < 1.29 is 17.9 Å². The third kappa shape index (κ3) is 3.98. The highest BCUT2D eigenvalue weighted by Gasteiger charge is 2.31. The molecule has 0 bridgehead atoms. The first-order valence-electron chi connectivity index (χ1n) is 6.47. The molecule has 0 spiro atoms. The Morgan fingerprint density at radius 2 is 2.14 bits per heavy atom. The molecule has 114 valence electrons. The standard InChI is InChI=1S/C14H16F3N3O/c1-3-18-12(13-19-7-8-20(13)2)10-5-4-6-11(9-10)21-14(15,16)17/h4-9,12,18H,3H2,1-2H3. The molecule has 0 amide bonds. The lowest BCUT2D eigenvalue weighted by Gasteiger charge is -2.19. The van der Waals surface area contributed by atoms with E-state index in [0.717, 1.165) is 5.82 Å². The van der Waals surface area contributed by atoms with Crippen LogP contribution in [0.4, 0.5) is 13.2 Å². The largest absolute Gasteiger partial charge is 0.573 e. The summed E-state index contributed by atoms with van der Waals surface area (Å²) in [4.78, 5) is 4.25. The van der Waals surface area contributed by atoms with Gasteiger partial charge in [0.1, 0.15) is 11.6 Å². The molecule has 0 aliphatic rings. The molecule has 0 radical (unpaired) electrons. The van der Waals surface area contributed by atoms with Gasteiger partial charge in [-0.1, -0.05) is 19.1 Å². The Hall–Kier alpha value is -2.02. The summed E-state index contributed by atoms with van der Waals surface area (Å²) in [6, 6.07) is 5.62. The summed E-state index contributed by atoms with van der Waals surface area (Å²) in [7, 11) is 1.84. The molecule has 0 saturated carbocycles. The van der Waals surface area contributed by atoms with Crippen LogP contribution in [0.5, 0.6) is 5.75 Å². The van der Waals surface area contributed by atoms with Crippen LogP contribution >= 0.6 is 0 Å². The molecule has 4 nitrogen and oxygen atoms in total. The van der Waals surface area contributed by atoms with E-state index in [1.807, 2.05) is 18.5 Å². The molecule has 0 fully saturated rings. The number of aromatic nitrogens is 2. The van der Waals surface area contributed by atoms with Crippen LogP contribution in [-0.4, -0.2) is 22.5 Å². The van der Waals surface area contributed by atoms with Gasteiger partial charge in [-0.05, 0) is 24.2 Å². The first-order valence-corrected chi connectivity index (χ1v) is 6.47. The quantitative estimate of drug-likeness (QED) is 0.922. The maximum atomic E-state index is 12.3. The van der Waals surface area contributed by atoms with E-state index < -0.39 is 6.36 Å². The summed E-state index contributed by atoms with van der Waals surface area (Å²) in [6.45, 7) is 2.58. The Bertz CT molecular complexity index is 595. The minimum absolute atomic E-state index is 0.239. The second-order valence-electron chi connectivity index (χ2n) is 4.51. The summed E-state index contributed by atoms with van der Waals surface area (Å²) in [5.74, 6) is 0.484. The van der Waals surface area contributed by atoms with E-state index in [9.17, 15) is 13.2 Å². The van der Waals surface area contributed by atoms with Crippen LogP contribution in [0.2, 0.25) is 0 Å². The molecule has 21 heavy (non-hydrogen) atoms. The Morgan fingerprint density at radius 1 is 1.38 bits per heavy atom. The van der Waals surface area contributed by atoms with E-state index in [2.05, 4.69) is 15.0 Å². The summed E-state index contributed by atoms with van der Waals surface area (Å²) < 4.78 is 42.7. The molecule has 1 aromatic carbocycles. The third-order valence-electron chi connectivity index (χ3n) is 2.95. The van der Waals surface area contributed by atoms with Crippen molar-refractivity contribution in [3.05, 3.63) is 48.0 Å².